The summed E-state index contributed by atoms with van der Waals surface area (Å²) in [7, 11) is 0. The van der Waals surface area contributed by atoms with Crippen molar-refractivity contribution < 1.29 is 0 Å². The molecule has 20 heavy (non-hydrogen) atoms. The molecule has 100 valence electrons. The summed E-state index contributed by atoms with van der Waals surface area (Å²) < 4.78 is 2.09. The molecule has 0 saturated heterocycles. The lowest BCUT2D eigenvalue weighted by atomic mass is 10.2. The Bertz CT molecular complexity index is 777. The third-order valence-corrected chi connectivity index (χ3v) is 3.33. The van der Waals surface area contributed by atoms with Crippen LogP contribution in [0, 0.1) is 6.92 Å². The Labute approximate surface area is 122 Å². The first-order valence-electron chi connectivity index (χ1n) is 6.33. The molecule has 0 atom stereocenters. The highest BCUT2D eigenvalue weighted by Crippen LogP contribution is 2.24. The molecule has 0 saturated carbocycles. The van der Waals surface area contributed by atoms with Crippen LogP contribution in [0.2, 0.25) is 0 Å². The van der Waals surface area contributed by atoms with E-state index in [1.165, 1.54) is 0 Å². The van der Waals surface area contributed by atoms with E-state index >= 15 is 0 Å². The van der Waals surface area contributed by atoms with Gasteiger partial charge in [-0.3, -0.25) is 4.98 Å². The van der Waals surface area contributed by atoms with Crippen LogP contribution in [0.25, 0.3) is 17.0 Å². The molecule has 0 spiro atoms. The quantitative estimate of drug-likeness (QED) is 0.750. The molecule has 4 nitrogen and oxygen atoms in total. The molecule has 0 radical (unpaired) electrons. The highest BCUT2D eigenvalue weighted by molar-refractivity contribution is 7.80. The van der Waals surface area contributed by atoms with E-state index in [1.807, 2.05) is 43.3 Å². The third-order valence-electron chi connectivity index (χ3n) is 3.18. The number of aromatic nitrogens is 3. The summed E-state index contributed by atoms with van der Waals surface area (Å²) in [6, 6.07) is 11.8. The number of fused-ring (bicyclic) bond motifs is 1. The van der Waals surface area contributed by atoms with Gasteiger partial charge in [-0.15, -0.1) is 0 Å². The number of nitrogens with two attached hydrogens (primary N) is 1. The van der Waals surface area contributed by atoms with Crippen molar-refractivity contribution in [1.82, 2.24) is 14.4 Å². The fourth-order valence-corrected chi connectivity index (χ4v) is 2.50. The number of thiocarbonyl (C=S) groups is 1. The van der Waals surface area contributed by atoms with Crippen molar-refractivity contribution in [1.29, 1.82) is 0 Å². The molecule has 2 N–H and O–H groups in total. The molecule has 5 heteroatoms. The number of rotatable bonds is 3. The van der Waals surface area contributed by atoms with Gasteiger partial charge in [0.2, 0.25) is 0 Å². The minimum Gasteiger partial charge on any atom is -0.393 e. The van der Waals surface area contributed by atoms with Crippen molar-refractivity contribution in [2.45, 2.75) is 13.3 Å². The fraction of sp³-hybridized carbons (Fsp3) is 0.133. The van der Waals surface area contributed by atoms with Crippen LogP contribution in [0.3, 0.4) is 0 Å². The smallest absolute Gasteiger partial charge is 0.137 e. The zero-order valence-corrected chi connectivity index (χ0v) is 11.9. The summed E-state index contributed by atoms with van der Waals surface area (Å²) in [6.45, 7) is 2.04. The van der Waals surface area contributed by atoms with Gasteiger partial charge in [0, 0.05) is 18.3 Å². The molecule has 0 aliphatic rings. The summed E-state index contributed by atoms with van der Waals surface area (Å²) >= 11 is 5.08. The van der Waals surface area contributed by atoms with Gasteiger partial charge < -0.3 is 10.1 Å². The number of hydrogen-bond acceptors (Lipinski definition) is 3. The van der Waals surface area contributed by atoms with Gasteiger partial charge in [0.15, 0.2) is 0 Å². The number of imidazole rings is 1. The van der Waals surface area contributed by atoms with Crippen molar-refractivity contribution in [3.05, 3.63) is 54.0 Å². The third kappa shape index (κ3) is 2.16. The first-order chi connectivity index (χ1) is 9.66. The second-order valence-corrected chi connectivity index (χ2v) is 5.15. The van der Waals surface area contributed by atoms with Gasteiger partial charge in [-0.25, -0.2) is 4.98 Å². The molecule has 0 amide bonds. The van der Waals surface area contributed by atoms with E-state index in [1.54, 1.807) is 6.20 Å². The molecule has 0 aromatic carbocycles. The molecule has 0 bridgehead atoms. The Morgan fingerprint density at radius 1 is 1.25 bits per heavy atom. The minimum absolute atomic E-state index is 0.451. The van der Waals surface area contributed by atoms with Gasteiger partial charge in [0.05, 0.1) is 16.4 Å². The van der Waals surface area contributed by atoms with Crippen molar-refractivity contribution in [3.8, 4) is 11.4 Å². The maximum absolute atomic E-state index is 5.74. The summed E-state index contributed by atoms with van der Waals surface area (Å²) in [5.41, 5.74) is 10.4. The second-order valence-electron chi connectivity index (χ2n) is 4.63. The molecular weight excluding hydrogens is 268 g/mol. The van der Waals surface area contributed by atoms with E-state index < -0.39 is 0 Å². The molecule has 3 rings (SSSR count). The maximum atomic E-state index is 5.74. The molecule has 0 aliphatic heterocycles. The molecule has 3 aromatic heterocycles. The zero-order chi connectivity index (χ0) is 14.1. The first-order valence-corrected chi connectivity index (χ1v) is 6.74. The van der Waals surface area contributed by atoms with E-state index in [0.717, 1.165) is 28.4 Å². The van der Waals surface area contributed by atoms with Crippen molar-refractivity contribution in [3.63, 3.8) is 0 Å². The summed E-state index contributed by atoms with van der Waals surface area (Å²) in [6.07, 6.45) is 2.27. The second kappa shape index (κ2) is 5.02. The lowest BCUT2D eigenvalue weighted by molar-refractivity contribution is 1.01. The van der Waals surface area contributed by atoms with E-state index in [4.69, 9.17) is 18.0 Å². The Balaban J connectivity index is 2.31. The predicted molar refractivity (Wildman–Crippen MR) is 83.6 cm³/mol. The Morgan fingerprint density at radius 3 is 2.80 bits per heavy atom. The molecule has 0 aliphatic carbocycles. The SMILES string of the molecule is Cc1cccc2nc(-c3ccccn3)c(CC(N)=S)n12. The minimum atomic E-state index is 0.451. The lowest BCUT2D eigenvalue weighted by Crippen LogP contribution is -2.14. The molecule has 3 aromatic rings. The van der Waals surface area contributed by atoms with Crippen LogP contribution in [0.4, 0.5) is 0 Å². The van der Waals surface area contributed by atoms with Crippen LogP contribution in [0.1, 0.15) is 11.4 Å². The molecule has 0 fully saturated rings. The van der Waals surface area contributed by atoms with Crippen LogP contribution >= 0.6 is 12.2 Å². The zero-order valence-electron chi connectivity index (χ0n) is 11.1. The van der Waals surface area contributed by atoms with E-state index in [2.05, 4.69) is 14.4 Å². The van der Waals surface area contributed by atoms with E-state index in [-0.39, 0.29) is 0 Å². The van der Waals surface area contributed by atoms with Gasteiger partial charge in [-0.2, -0.15) is 0 Å². The Kier molecular flexibility index (Phi) is 3.20. The van der Waals surface area contributed by atoms with Gasteiger partial charge in [0.1, 0.15) is 11.3 Å². The number of aryl methyl sites for hydroxylation is 1. The average Bonchev–Trinajstić information content (AvgIpc) is 2.79. The highest BCUT2D eigenvalue weighted by Gasteiger charge is 2.16. The maximum Gasteiger partial charge on any atom is 0.137 e. The van der Waals surface area contributed by atoms with Crippen LogP contribution < -0.4 is 5.73 Å². The first kappa shape index (κ1) is 12.7. The van der Waals surface area contributed by atoms with Crippen LogP contribution in [0.15, 0.2) is 42.6 Å². The van der Waals surface area contributed by atoms with Gasteiger partial charge in [-0.1, -0.05) is 24.4 Å². The number of nitrogens with zero attached hydrogens (tertiary/aromatic N) is 3. The van der Waals surface area contributed by atoms with Gasteiger partial charge >= 0.3 is 0 Å². The Hall–Kier alpha value is -2.27. The monoisotopic (exact) mass is 282 g/mol. The summed E-state index contributed by atoms with van der Waals surface area (Å²) in [4.78, 5) is 9.52. The van der Waals surface area contributed by atoms with E-state index in [0.29, 0.717) is 11.4 Å². The Morgan fingerprint density at radius 2 is 2.10 bits per heavy atom. The standard InChI is InChI=1S/C15H14N4S/c1-10-5-4-7-14-18-15(11-6-2-3-8-17-11)12(19(10)14)9-13(16)20/h2-8H,9H2,1H3,(H2,16,20). The number of hydrogen-bond donors (Lipinski definition) is 1. The normalized spacial score (nSPS) is 10.8. The van der Waals surface area contributed by atoms with Gasteiger partial charge in [0.25, 0.3) is 0 Å². The van der Waals surface area contributed by atoms with Crippen LogP contribution in [-0.4, -0.2) is 19.4 Å². The largest absolute Gasteiger partial charge is 0.393 e. The average molecular weight is 282 g/mol. The topological polar surface area (TPSA) is 56.2 Å². The van der Waals surface area contributed by atoms with Crippen molar-refractivity contribution in [2.24, 2.45) is 5.73 Å². The number of pyridine rings is 2. The molecule has 3 heterocycles. The van der Waals surface area contributed by atoms with E-state index in [9.17, 15) is 0 Å². The van der Waals surface area contributed by atoms with Crippen LogP contribution in [-0.2, 0) is 6.42 Å². The molecule has 0 unspecified atom stereocenters. The van der Waals surface area contributed by atoms with Crippen molar-refractivity contribution >= 4 is 22.9 Å². The predicted octanol–water partition coefficient (Wildman–Crippen LogP) is 2.53. The van der Waals surface area contributed by atoms with Crippen LogP contribution in [0.5, 0.6) is 0 Å². The van der Waals surface area contributed by atoms with Gasteiger partial charge in [-0.05, 0) is 31.2 Å². The van der Waals surface area contributed by atoms with Crippen molar-refractivity contribution in [2.75, 3.05) is 0 Å². The summed E-state index contributed by atoms with van der Waals surface area (Å²) in [5.74, 6) is 0. The summed E-state index contributed by atoms with van der Waals surface area (Å²) in [5, 5.41) is 0. The fourth-order valence-electron chi connectivity index (χ4n) is 2.36. The molecular formula is C15H14N4S. The highest BCUT2D eigenvalue weighted by atomic mass is 32.1. The lowest BCUT2D eigenvalue weighted by Gasteiger charge is -2.06.